The molecule has 0 aliphatic rings. The van der Waals surface area contributed by atoms with Crippen LogP contribution in [0, 0.1) is 6.92 Å². The van der Waals surface area contributed by atoms with Crippen molar-refractivity contribution in [3.8, 4) is 0 Å². The van der Waals surface area contributed by atoms with E-state index in [0.29, 0.717) is 0 Å². The highest BCUT2D eigenvalue weighted by Gasteiger charge is 1.90. The topological polar surface area (TPSA) is 12.9 Å². The van der Waals surface area contributed by atoms with Crippen LogP contribution in [0.5, 0.6) is 0 Å². The van der Waals surface area contributed by atoms with Crippen LogP contribution in [-0.2, 0) is 0 Å². The molecule has 0 aliphatic carbocycles. The Morgan fingerprint density at radius 2 is 2.42 bits per heavy atom. The van der Waals surface area contributed by atoms with Gasteiger partial charge < -0.3 is 0 Å². The minimum absolute atomic E-state index is 0.899. The molecular weight excluding hydrogens is 166 g/mol. The van der Waals surface area contributed by atoms with E-state index in [-0.39, 0.29) is 0 Å². The van der Waals surface area contributed by atoms with Crippen LogP contribution in [0.3, 0.4) is 0 Å². The molecule has 0 aliphatic heterocycles. The summed E-state index contributed by atoms with van der Waals surface area (Å²) in [6.07, 6.45) is 7.04. The van der Waals surface area contributed by atoms with Crippen LogP contribution in [0.25, 0.3) is 6.08 Å². The Morgan fingerprint density at radius 3 is 3.08 bits per heavy atom. The molecule has 0 bridgehead atoms. The maximum Gasteiger partial charge on any atom is 0.0444 e. The fraction of sp³-hybridized carbons (Fsp3) is 0.300. The van der Waals surface area contributed by atoms with E-state index in [9.17, 15) is 0 Å². The van der Waals surface area contributed by atoms with Gasteiger partial charge in [-0.1, -0.05) is 18.2 Å². The molecule has 1 aromatic heterocycles. The normalized spacial score (nSPS) is 10.8. The Bertz CT molecular complexity index is 268. The average Bonchev–Trinajstić information content (AvgIpc) is 2.09. The van der Waals surface area contributed by atoms with Crippen molar-refractivity contribution in [1.29, 1.82) is 0 Å². The quantitative estimate of drug-likeness (QED) is 0.704. The third-order valence-corrected chi connectivity index (χ3v) is 1.90. The van der Waals surface area contributed by atoms with Crippen LogP contribution in [0.2, 0.25) is 0 Å². The second-order valence-corrected chi connectivity index (χ2v) is 3.04. The number of aryl methyl sites for hydroxylation is 1. The fourth-order valence-corrected chi connectivity index (χ4v) is 1.11. The van der Waals surface area contributed by atoms with E-state index in [1.807, 2.05) is 19.2 Å². The van der Waals surface area contributed by atoms with Crippen LogP contribution in [0.1, 0.15) is 17.7 Å². The SMILES string of the molecule is Cc1ncccc1C=CCCS. The van der Waals surface area contributed by atoms with Gasteiger partial charge in [0.25, 0.3) is 0 Å². The van der Waals surface area contributed by atoms with Crippen LogP contribution < -0.4 is 0 Å². The molecule has 0 unspecified atom stereocenters. The summed E-state index contributed by atoms with van der Waals surface area (Å²) in [6.45, 7) is 2.01. The van der Waals surface area contributed by atoms with Crippen molar-refractivity contribution < 1.29 is 0 Å². The van der Waals surface area contributed by atoms with Crippen molar-refractivity contribution in [2.45, 2.75) is 13.3 Å². The summed E-state index contributed by atoms with van der Waals surface area (Å²) in [4.78, 5) is 4.19. The first-order chi connectivity index (χ1) is 5.84. The number of pyridine rings is 1. The van der Waals surface area contributed by atoms with Gasteiger partial charge in [0.1, 0.15) is 0 Å². The van der Waals surface area contributed by atoms with Gasteiger partial charge in [-0.2, -0.15) is 12.6 Å². The predicted octanol–water partition coefficient (Wildman–Crippen LogP) is 2.72. The standard InChI is InChI=1S/C10H13NS/c1-9-10(5-2-3-8-12)6-4-7-11-9/h2,4-7,12H,3,8H2,1H3. The third-order valence-electron chi connectivity index (χ3n) is 1.64. The number of allylic oxidation sites excluding steroid dienone is 1. The molecule has 1 heterocycles. The second-order valence-electron chi connectivity index (χ2n) is 2.59. The van der Waals surface area contributed by atoms with E-state index >= 15 is 0 Å². The first-order valence-corrected chi connectivity index (χ1v) is 4.67. The molecule has 0 fully saturated rings. The average molecular weight is 179 g/mol. The van der Waals surface area contributed by atoms with Crippen LogP contribution in [-0.4, -0.2) is 10.7 Å². The zero-order chi connectivity index (χ0) is 8.81. The zero-order valence-electron chi connectivity index (χ0n) is 7.20. The van der Waals surface area contributed by atoms with Gasteiger partial charge in [0.2, 0.25) is 0 Å². The van der Waals surface area contributed by atoms with Crippen LogP contribution >= 0.6 is 12.6 Å². The van der Waals surface area contributed by atoms with Crippen LogP contribution in [0.15, 0.2) is 24.4 Å². The van der Waals surface area contributed by atoms with Gasteiger partial charge in [0, 0.05) is 11.9 Å². The van der Waals surface area contributed by atoms with Gasteiger partial charge in [-0.25, -0.2) is 0 Å². The molecule has 1 rings (SSSR count). The summed E-state index contributed by atoms with van der Waals surface area (Å²) in [7, 11) is 0. The molecule has 0 radical (unpaired) electrons. The maximum atomic E-state index is 4.19. The van der Waals surface area contributed by atoms with Gasteiger partial charge in [0.15, 0.2) is 0 Å². The molecule has 64 valence electrons. The Balaban J connectivity index is 2.68. The van der Waals surface area contributed by atoms with Gasteiger partial charge in [-0.3, -0.25) is 4.98 Å². The van der Waals surface area contributed by atoms with E-state index in [2.05, 4.69) is 35.8 Å². The van der Waals surface area contributed by atoms with Crippen molar-refractivity contribution in [2.75, 3.05) is 5.75 Å². The highest BCUT2D eigenvalue weighted by atomic mass is 32.1. The Labute approximate surface area is 78.9 Å². The first-order valence-electron chi connectivity index (χ1n) is 4.03. The van der Waals surface area contributed by atoms with Gasteiger partial charge in [-0.15, -0.1) is 0 Å². The lowest BCUT2D eigenvalue weighted by atomic mass is 10.2. The highest BCUT2D eigenvalue weighted by Crippen LogP contribution is 2.06. The molecular formula is C10H13NS. The summed E-state index contributed by atoms with van der Waals surface area (Å²) in [5.41, 5.74) is 2.27. The largest absolute Gasteiger partial charge is 0.261 e. The number of thiol groups is 1. The Kier molecular flexibility index (Phi) is 3.88. The van der Waals surface area contributed by atoms with Crippen molar-refractivity contribution in [3.05, 3.63) is 35.7 Å². The molecule has 1 aromatic rings. The molecule has 0 atom stereocenters. The zero-order valence-corrected chi connectivity index (χ0v) is 8.09. The third kappa shape index (κ3) is 2.70. The number of aromatic nitrogens is 1. The molecule has 12 heavy (non-hydrogen) atoms. The minimum Gasteiger partial charge on any atom is -0.261 e. The summed E-state index contributed by atoms with van der Waals surface area (Å²) in [5.74, 6) is 0.899. The number of hydrogen-bond donors (Lipinski definition) is 1. The monoisotopic (exact) mass is 179 g/mol. The molecule has 0 saturated heterocycles. The smallest absolute Gasteiger partial charge is 0.0444 e. The van der Waals surface area contributed by atoms with Gasteiger partial charge in [0.05, 0.1) is 0 Å². The van der Waals surface area contributed by atoms with Gasteiger partial charge in [-0.05, 0) is 30.7 Å². The van der Waals surface area contributed by atoms with E-state index < -0.39 is 0 Å². The summed E-state index contributed by atoms with van der Waals surface area (Å²) in [6, 6.07) is 4.02. The van der Waals surface area contributed by atoms with Crippen molar-refractivity contribution >= 4 is 18.7 Å². The minimum atomic E-state index is 0.899. The van der Waals surface area contributed by atoms with E-state index in [0.717, 1.165) is 17.9 Å². The molecule has 2 heteroatoms. The number of nitrogens with zero attached hydrogens (tertiary/aromatic N) is 1. The van der Waals surface area contributed by atoms with Gasteiger partial charge >= 0.3 is 0 Å². The summed E-state index contributed by atoms with van der Waals surface area (Å²) in [5, 5.41) is 0. The van der Waals surface area contributed by atoms with Crippen LogP contribution in [0.4, 0.5) is 0 Å². The molecule has 0 amide bonds. The van der Waals surface area contributed by atoms with Crippen molar-refractivity contribution in [2.24, 2.45) is 0 Å². The lowest BCUT2D eigenvalue weighted by Gasteiger charge is -1.96. The van der Waals surface area contributed by atoms with E-state index in [4.69, 9.17) is 0 Å². The Morgan fingerprint density at radius 1 is 1.58 bits per heavy atom. The fourth-order valence-electron chi connectivity index (χ4n) is 0.958. The molecule has 0 spiro atoms. The molecule has 0 saturated carbocycles. The number of rotatable bonds is 3. The van der Waals surface area contributed by atoms with Crippen molar-refractivity contribution in [3.63, 3.8) is 0 Å². The highest BCUT2D eigenvalue weighted by molar-refractivity contribution is 7.80. The molecule has 1 nitrogen and oxygen atoms in total. The molecule has 0 aromatic carbocycles. The lowest BCUT2D eigenvalue weighted by molar-refractivity contribution is 1.18. The first kappa shape index (κ1) is 9.33. The van der Waals surface area contributed by atoms with E-state index in [1.165, 1.54) is 5.56 Å². The second kappa shape index (κ2) is 4.99. The predicted molar refractivity (Wildman–Crippen MR) is 56.5 cm³/mol. The summed E-state index contributed by atoms with van der Waals surface area (Å²) >= 11 is 4.13. The molecule has 0 N–H and O–H groups in total. The Hall–Kier alpha value is -0.760. The number of hydrogen-bond acceptors (Lipinski definition) is 2. The maximum absolute atomic E-state index is 4.19. The lowest BCUT2D eigenvalue weighted by Crippen LogP contribution is -1.83. The van der Waals surface area contributed by atoms with Crippen molar-refractivity contribution in [1.82, 2.24) is 4.98 Å². The summed E-state index contributed by atoms with van der Waals surface area (Å²) < 4.78 is 0. The van der Waals surface area contributed by atoms with E-state index in [1.54, 1.807) is 0 Å².